The molecule has 0 radical (unpaired) electrons. The first-order chi connectivity index (χ1) is 13.3. The van der Waals surface area contributed by atoms with Crippen molar-refractivity contribution in [2.24, 2.45) is 5.92 Å². The van der Waals surface area contributed by atoms with E-state index in [1.165, 1.54) is 12.1 Å². The normalized spacial score (nSPS) is 16.9. The van der Waals surface area contributed by atoms with Crippen LogP contribution in [0.4, 0.5) is 4.39 Å². The van der Waals surface area contributed by atoms with Gasteiger partial charge in [-0.25, -0.2) is 9.37 Å². The third-order valence-corrected chi connectivity index (χ3v) is 5.92. The minimum atomic E-state index is -0.873. The number of halogens is 1. The maximum Gasteiger partial charge on any atom is 0.137 e. The Balaban J connectivity index is 1.65. The van der Waals surface area contributed by atoms with Gasteiger partial charge < -0.3 is 14.8 Å². The summed E-state index contributed by atoms with van der Waals surface area (Å²) in [5, 5.41) is 12.7. The molecule has 2 N–H and O–H groups in total. The lowest BCUT2D eigenvalue weighted by Crippen LogP contribution is -2.41. The quantitative estimate of drug-likeness (QED) is 0.619. The van der Waals surface area contributed by atoms with Crippen molar-refractivity contribution in [3.05, 3.63) is 59.7 Å². The van der Waals surface area contributed by atoms with Crippen molar-refractivity contribution in [1.82, 2.24) is 9.97 Å². The molecule has 4 rings (SSSR count). The van der Waals surface area contributed by atoms with Gasteiger partial charge in [0.2, 0.25) is 0 Å². The Morgan fingerprint density at radius 1 is 1.25 bits per heavy atom. The van der Waals surface area contributed by atoms with Gasteiger partial charge in [-0.3, -0.25) is 0 Å². The Morgan fingerprint density at radius 2 is 2.04 bits per heavy atom. The van der Waals surface area contributed by atoms with Crippen LogP contribution in [0.1, 0.15) is 44.4 Å². The van der Waals surface area contributed by atoms with Crippen molar-refractivity contribution in [1.29, 1.82) is 0 Å². The summed E-state index contributed by atoms with van der Waals surface area (Å²) in [6, 6.07) is 10.6. The highest BCUT2D eigenvalue weighted by molar-refractivity contribution is 5.76. The predicted octanol–water partition coefficient (Wildman–Crippen LogP) is 4.76. The van der Waals surface area contributed by atoms with Crippen LogP contribution in [0.2, 0.25) is 0 Å². The molecular formula is C23H27FN2O2. The Bertz CT molecular complexity index is 960. The van der Waals surface area contributed by atoms with Crippen LogP contribution in [0.3, 0.4) is 0 Å². The second-order valence-corrected chi connectivity index (χ2v) is 8.70. The molecule has 2 aromatic heterocycles. The van der Waals surface area contributed by atoms with E-state index in [0.29, 0.717) is 18.6 Å². The Hall–Kier alpha value is -2.40. The van der Waals surface area contributed by atoms with E-state index in [1.54, 1.807) is 19.4 Å². The molecule has 1 atom stereocenters. The lowest BCUT2D eigenvalue weighted by molar-refractivity contribution is -0.00894. The second-order valence-electron chi connectivity index (χ2n) is 8.70. The molecule has 3 aromatic rings. The topological polar surface area (TPSA) is 58.1 Å². The van der Waals surface area contributed by atoms with Crippen LogP contribution in [0.5, 0.6) is 5.75 Å². The van der Waals surface area contributed by atoms with Gasteiger partial charge >= 0.3 is 0 Å². The number of aliphatic hydroxyl groups is 1. The van der Waals surface area contributed by atoms with E-state index in [0.717, 1.165) is 35.1 Å². The summed E-state index contributed by atoms with van der Waals surface area (Å²) in [5.74, 6) is 0.616. The van der Waals surface area contributed by atoms with Crippen LogP contribution in [-0.4, -0.2) is 27.8 Å². The average molecular weight is 382 g/mol. The molecule has 5 heteroatoms. The number of nitrogens with one attached hydrogen (secondary N) is 1. The first-order valence-corrected chi connectivity index (χ1v) is 9.80. The van der Waals surface area contributed by atoms with Gasteiger partial charge in [0.1, 0.15) is 17.2 Å². The first kappa shape index (κ1) is 18.9. The fourth-order valence-corrected chi connectivity index (χ4v) is 4.48. The van der Waals surface area contributed by atoms with Gasteiger partial charge in [-0.1, -0.05) is 13.8 Å². The standard InChI is InChI=1S/C23H27FN2O2/c1-22(2,19-12-17(24)8-9-20(19)28-3)14-23(27,16-6-7-16)13-18-11-15-5-4-10-25-21(15)26-18/h4-5,8-12,16,27H,6-7,13-14H2,1-3H3,(H,25,26). The third kappa shape index (κ3) is 3.63. The summed E-state index contributed by atoms with van der Waals surface area (Å²) in [6.45, 7) is 4.09. The number of rotatable bonds is 7. The largest absolute Gasteiger partial charge is 0.496 e. The van der Waals surface area contributed by atoms with Crippen molar-refractivity contribution in [2.75, 3.05) is 7.11 Å². The van der Waals surface area contributed by atoms with Crippen molar-refractivity contribution < 1.29 is 14.2 Å². The zero-order valence-corrected chi connectivity index (χ0v) is 16.6. The molecule has 1 aromatic carbocycles. The summed E-state index contributed by atoms with van der Waals surface area (Å²) in [5.41, 5.74) is 1.27. The van der Waals surface area contributed by atoms with Crippen LogP contribution in [0, 0.1) is 11.7 Å². The maximum atomic E-state index is 14.0. The number of methoxy groups -OCH3 is 1. The Morgan fingerprint density at radius 3 is 2.71 bits per heavy atom. The van der Waals surface area contributed by atoms with E-state index in [1.807, 2.05) is 26.0 Å². The van der Waals surface area contributed by atoms with Gasteiger partial charge in [-0.05, 0) is 67.0 Å². The van der Waals surface area contributed by atoms with E-state index in [4.69, 9.17) is 4.74 Å². The van der Waals surface area contributed by atoms with Crippen molar-refractivity contribution >= 4 is 11.0 Å². The average Bonchev–Trinajstić information content (AvgIpc) is 3.43. The van der Waals surface area contributed by atoms with Gasteiger partial charge in [-0.15, -0.1) is 0 Å². The number of aromatic nitrogens is 2. The zero-order valence-electron chi connectivity index (χ0n) is 16.6. The van der Waals surface area contributed by atoms with Gasteiger partial charge in [-0.2, -0.15) is 0 Å². The summed E-state index contributed by atoms with van der Waals surface area (Å²) in [6.07, 6.45) is 4.84. The fraction of sp³-hybridized carbons (Fsp3) is 0.435. The Labute approximate surface area is 164 Å². The molecule has 1 aliphatic carbocycles. The molecule has 28 heavy (non-hydrogen) atoms. The van der Waals surface area contributed by atoms with Gasteiger partial charge in [0.05, 0.1) is 12.7 Å². The molecule has 0 saturated heterocycles. The predicted molar refractivity (Wildman–Crippen MR) is 108 cm³/mol. The number of hydrogen-bond acceptors (Lipinski definition) is 3. The summed E-state index contributed by atoms with van der Waals surface area (Å²) in [4.78, 5) is 7.69. The van der Waals surface area contributed by atoms with E-state index < -0.39 is 11.0 Å². The summed E-state index contributed by atoms with van der Waals surface area (Å²) >= 11 is 0. The number of aromatic amines is 1. The van der Waals surface area contributed by atoms with E-state index in [9.17, 15) is 9.50 Å². The highest BCUT2D eigenvalue weighted by Crippen LogP contribution is 2.48. The number of H-pyrrole nitrogens is 1. The lowest BCUT2D eigenvalue weighted by atomic mass is 9.71. The highest BCUT2D eigenvalue weighted by Gasteiger charge is 2.47. The van der Waals surface area contributed by atoms with Crippen LogP contribution in [-0.2, 0) is 11.8 Å². The van der Waals surface area contributed by atoms with Crippen molar-refractivity contribution in [3.63, 3.8) is 0 Å². The number of pyridine rings is 1. The van der Waals surface area contributed by atoms with Gasteiger partial charge in [0, 0.05) is 29.3 Å². The molecule has 2 heterocycles. The summed E-state index contributed by atoms with van der Waals surface area (Å²) < 4.78 is 19.4. The van der Waals surface area contributed by atoms with Crippen LogP contribution >= 0.6 is 0 Å². The SMILES string of the molecule is COc1ccc(F)cc1C(C)(C)CC(O)(Cc1cc2cccnc2[nH]1)C1CC1. The van der Waals surface area contributed by atoms with Crippen LogP contribution in [0.15, 0.2) is 42.6 Å². The van der Waals surface area contributed by atoms with Gasteiger partial charge in [0.15, 0.2) is 0 Å². The molecule has 1 saturated carbocycles. The van der Waals surface area contributed by atoms with E-state index in [2.05, 4.69) is 16.0 Å². The molecule has 0 spiro atoms. The molecule has 0 amide bonds. The Kier molecular flexibility index (Phi) is 4.66. The minimum Gasteiger partial charge on any atom is -0.496 e. The zero-order chi connectivity index (χ0) is 19.9. The first-order valence-electron chi connectivity index (χ1n) is 9.80. The molecule has 1 aliphatic rings. The molecular weight excluding hydrogens is 355 g/mol. The fourth-order valence-electron chi connectivity index (χ4n) is 4.48. The third-order valence-electron chi connectivity index (χ3n) is 5.92. The molecule has 1 fully saturated rings. The van der Waals surface area contributed by atoms with E-state index in [-0.39, 0.29) is 11.7 Å². The maximum absolute atomic E-state index is 14.0. The molecule has 0 bridgehead atoms. The van der Waals surface area contributed by atoms with Crippen molar-refractivity contribution in [2.45, 2.75) is 50.5 Å². The lowest BCUT2D eigenvalue weighted by Gasteiger charge is -2.37. The van der Waals surface area contributed by atoms with Crippen LogP contribution < -0.4 is 4.74 Å². The summed E-state index contributed by atoms with van der Waals surface area (Å²) in [7, 11) is 1.59. The number of hydrogen-bond donors (Lipinski definition) is 2. The second kappa shape index (κ2) is 6.89. The number of benzene rings is 1. The monoisotopic (exact) mass is 382 g/mol. The van der Waals surface area contributed by atoms with Crippen molar-refractivity contribution in [3.8, 4) is 5.75 Å². The minimum absolute atomic E-state index is 0.255. The highest BCUT2D eigenvalue weighted by atomic mass is 19.1. The smallest absolute Gasteiger partial charge is 0.137 e. The molecule has 1 unspecified atom stereocenters. The molecule has 148 valence electrons. The number of fused-ring (bicyclic) bond motifs is 1. The number of nitrogens with zero attached hydrogens (tertiary/aromatic N) is 1. The van der Waals surface area contributed by atoms with Crippen LogP contribution in [0.25, 0.3) is 11.0 Å². The van der Waals surface area contributed by atoms with Gasteiger partial charge in [0.25, 0.3) is 0 Å². The number of ether oxygens (including phenoxy) is 1. The van der Waals surface area contributed by atoms with E-state index >= 15 is 0 Å². The molecule has 4 nitrogen and oxygen atoms in total. The molecule has 0 aliphatic heterocycles.